The lowest BCUT2D eigenvalue weighted by Crippen LogP contribution is -2.56. The number of guanidine groups is 1. The van der Waals surface area contributed by atoms with Gasteiger partial charge in [-0.05, 0) is 46.1 Å². The fourth-order valence-electron chi connectivity index (χ4n) is 3.99. The number of piperidine rings is 2. The van der Waals surface area contributed by atoms with Crippen LogP contribution in [0.15, 0.2) is 10.4 Å². The maximum Gasteiger partial charge on any atom is 0.191 e. The molecule has 0 aromatic carbocycles. The van der Waals surface area contributed by atoms with Gasteiger partial charge in [0.15, 0.2) is 5.96 Å². The number of rotatable bonds is 5. The minimum atomic E-state index is 0. The van der Waals surface area contributed by atoms with Crippen molar-refractivity contribution in [3.63, 3.8) is 0 Å². The minimum absolute atomic E-state index is 0. The normalized spacial score (nSPS) is 26.8. The SMILES string of the molecule is CCNC(=NCc1csc(CC)n1)NC1CC2CCCC(C1)N2C.I. The molecule has 1 aromatic rings. The van der Waals surface area contributed by atoms with Gasteiger partial charge in [-0.3, -0.25) is 0 Å². The second-order valence-corrected chi connectivity index (χ2v) is 7.94. The van der Waals surface area contributed by atoms with E-state index in [2.05, 4.69) is 46.8 Å². The van der Waals surface area contributed by atoms with E-state index in [9.17, 15) is 0 Å². The summed E-state index contributed by atoms with van der Waals surface area (Å²) in [4.78, 5) is 12.0. The van der Waals surface area contributed by atoms with Gasteiger partial charge in [-0.1, -0.05) is 13.3 Å². The maximum atomic E-state index is 4.76. The highest BCUT2D eigenvalue weighted by Gasteiger charge is 2.36. The lowest BCUT2D eigenvalue weighted by atomic mass is 9.82. The van der Waals surface area contributed by atoms with Crippen molar-refractivity contribution in [2.45, 2.75) is 77.0 Å². The van der Waals surface area contributed by atoms with Crippen molar-refractivity contribution in [1.29, 1.82) is 0 Å². The molecule has 2 bridgehead atoms. The van der Waals surface area contributed by atoms with Crippen molar-refractivity contribution in [3.05, 3.63) is 16.1 Å². The van der Waals surface area contributed by atoms with Crippen LogP contribution < -0.4 is 10.6 Å². The van der Waals surface area contributed by atoms with Crippen molar-refractivity contribution >= 4 is 41.3 Å². The van der Waals surface area contributed by atoms with E-state index in [0.29, 0.717) is 12.6 Å². The Labute approximate surface area is 173 Å². The van der Waals surface area contributed by atoms with Crippen molar-refractivity contribution < 1.29 is 0 Å². The molecule has 0 aliphatic carbocycles. The van der Waals surface area contributed by atoms with Crippen LogP contribution in [0, 0.1) is 0 Å². The molecule has 3 heterocycles. The number of aromatic nitrogens is 1. The zero-order valence-corrected chi connectivity index (χ0v) is 18.8. The molecular weight excluding hydrogens is 445 g/mol. The second-order valence-electron chi connectivity index (χ2n) is 7.00. The van der Waals surface area contributed by atoms with Crippen LogP contribution in [0.4, 0.5) is 0 Å². The van der Waals surface area contributed by atoms with Crippen LogP contribution in [0.5, 0.6) is 0 Å². The Morgan fingerprint density at radius 3 is 2.64 bits per heavy atom. The van der Waals surface area contributed by atoms with E-state index >= 15 is 0 Å². The first-order chi connectivity index (χ1) is 11.7. The number of hydrogen-bond donors (Lipinski definition) is 2. The van der Waals surface area contributed by atoms with E-state index < -0.39 is 0 Å². The molecule has 2 atom stereocenters. The molecule has 7 heteroatoms. The number of nitrogens with zero attached hydrogens (tertiary/aromatic N) is 3. The standard InChI is InChI=1S/C18H31N5S.HI/c1-4-17-21-14(12-24-17)11-20-18(19-5-2)22-13-9-15-7-6-8-16(10-13)23(15)3;/h12-13,15-16H,4-11H2,1-3H3,(H2,19,20,22);1H. The van der Waals surface area contributed by atoms with Crippen LogP contribution in [0.1, 0.15) is 56.7 Å². The molecule has 5 nitrogen and oxygen atoms in total. The van der Waals surface area contributed by atoms with E-state index in [1.807, 2.05) is 0 Å². The summed E-state index contributed by atoms with van der Waals surface area (Å²) in [6.07, 6.45) is 7.55. The Bertz CT molecular complexity index is 547. The van der Waals surface area contributed by atoms with Crippen molar-refractivity contribution in [3.8, 4) is 0 Å². The molecule has 2 fully saturated rings. The smallest absolute Gasteiger partial charge is 0.191 e. The summed E-state index contributed by atoms with van der Waals surface area (Å²) in [5, 5.41) is 10.4. The van der Waals surface area contributed by atoms with Gasteiger partial charge in [-0.2, -0.15) is 0 Å². The van der Waals surface area contributed by atoms with Crippen LogP contribution >= 0.6 is 35.3 Å². The zero-order valence-electron chi connectivity index (χ0n) is 15.6. The van der Waals surface area contributed by atoms with E-state index in [1.54, 1.807) is 11.3 Å². The van der Waals surface area contributed by atoms with Gasteiger partial charge in [-0.15, -0.1) is 35.3 Å². The highest BCUT2D eigenvalue weighted by atomic mass is 127. The Kier molecular flexibility index (Phi) is 8.41. The number of thiazole rings is 1. The monoisotopic (exact) mass is 477 g/mol. The fourth-order valence-corrected chi connectivity index (χ4v) is 4.73. The molecule has 0 radical (unpaired) electrons. The highest BCUT2D eigenvalue weighted by Crippen LogP contribution is 2.32. The van der Waals surface area contributed by atoms with Crippen molar-refractivity contribution in [1.82, 2.24) is 20.5 Å². The van der Waals surface area contributed by atoms with Crippen LogP contribution in [-0.4, -0.2) is 47.6 Å². The largest absolute Gasteiger partial charge is 0.357 e. The predicted octanol–water partition coefficient (Wildman–Crippen LogP) is 3.39. The summed E-state index contributed by atoms with van der Waals surface area (Å²) in [7, 11) is 2.30. The third kappa shape index (κ3) is 5.53. The molecule has 3 rings (SSSR count). The zero-order chi connectivity index (χ0) is 16.9. The highest BCUT2D eigenvalue weighted by molar-refractivity contribution is 14.0. The molecule has 2 aliphatic rings. The van der Waals surface area contributed by atoms with Crippen LogP contribution in [0.2, 0.25) is 0 Å². The summed E-state index contributed by atoms with van der Waals surface area (Å²) in [6.45, 7) is 5.82. The minimum Gasteiger partial charge on any atom is -0.357 e. The molecule has 142 valence electrons. The molecule has 0 spiro atoms. The summed E-state index contributed by atoms with van der Waals surface area (Å²) < 4.78 is 0. The molecule has 2 unspecified atom stereocenters. The summed E-state index contributed by atoms with van der Waals surface area (Å²) >= 11 is 1.73. The van der Waals surface area contributed by atoms with Gasteiger partial charge in [-0.25, -0.2) is 9.98 Å². The molecule has 0 saturated carbocycles. The first-order valence-electron chi connectivity index (χ1n) is 9.39. The van der Waals surface area contributed by atoms with E-state index in [1.165, 1.54) is 37.1 Å². The van der Waals surface area contributed by atoms with Crippen molar-refractivity contribution in [2.75, 3.05) is 13.6 Å². The third-order valence-electron chi connectivity index (χ3n) is 5.33. The molecule has 2 saturated heterocycles. The first-order valence-corrected chi connectivity index (χ1v) is 10.3. The molecule has 2 N–H and O–H groups in total. The predicted molar refractivity (Wildman–Crippen MR) is 117 cm³/mol. The van der Waals surface area contributed by atoms with Crippen LogP contribution in [0.25, 0.3) is 0 Å². The average Bonchev–Trinajstić information content (AvgIpc) is 3.02. The fraction of sp³-hybridized carbons (Fsp3) is 0.778. The summed E-state index contributed by atoms with van der Waals surface area (Å²) in [6, 6.07) is 2.02. The number of nitrogens with one attached hydrogen (secondary N) is 2. The number of aliphatic imine (C=N–C) groups is 1. The Morgan fingerprint density at radius 1 is 1.32 bits per heavy atom. The number of hydrogen-bond acceptors (Lipinski definition) is 4. The molecule has 25 heavy (non-hydrogen) atoms. The Balaban J connectivity index is 0.00000225. The summed E-state index contributed by atoms with van der Waals surface area (Å²) in [5.41, 5.74) is 1.08. The Morgan fingerprint density at radius 2 is 2.04 bits per heavy atom. The van der Waals surface area contributed by atoms with Crippen LogP contribution in [0.3, 0.4) is 0 Å². The van der Waals surface area contributed by atoms with E-state index in [0.717, 1.165) is 36.7 Å². The summed E-state index contributed by atoms with van der Waals surface area (Å²) in [5.74, 6) is 0.941. The van der Waals surface area contributed by atoms with Gasteiger partial charge in [0.05, 0.1) is 17.2 Å². The lowest BCUT2D eigenvalue weighted by molar-refractivity contribution is 0.0526. The van der Waals surface area contributed by atoms with Crippen molar-refractivity contribution in [2.24, 2.45) is 4.99 Å². The topological polar surface area (TPSA) is 52.6 Å². The van der Waals surface area contributed by atoms with Crippen LogP contribution in [-0.2, 0) is 13.0 Å². The molecule has 0 amide bonds. The second kappa shape index (κ2) is 10.1. The number of aryl methyl sites for hydroxylation is 1. The van der Waals surface area contributed by atoms with Gasteiger partial charge in [0.25, 0.3) is 0 Å². The third-order valence-corrected chi connectivity index (χ3v) is 6.37. The number of fused-ring (bicyclic) bond motifs is 2. The molecule has 1 aromatic heterocycles. The lowest BCUT2D eigenvalue weighted by Gasteiger charge is -2.47. The molecule has 2 aliphatic heterocycles. The molecular formula is C18H32IN5S. The first kappa shape index (κ1) is 20.9. The van der Waals surface area contributed by atoms with Gasteiger partial charge < -0.3 is 15.5 Å². The van der Waals surface area contributed by atoms with Gasteiger partial charge in [0.2, 0.25) is 0 Å². The maximum absolute atomic E-state index is 4.76. The quantitative estimate of drug-likeness (QED) is 0.388. The van der Waals surface area contributed by atoms with Gasteiger partial charge >= 0.3 is 0 Å². The van der Waals surface area contributed by atoms with Gasteiger partial charge in [0.1, 0.15) is 0 Å². The van der Waals surface area contributed by atoms with E-state index in [4.69, 9.17) is 4.99 Å². The van der Waals surface area contributed by atoms with Gasteiger partial charge in [0, 0.05) is 30.1 Å². The van der Waals surface area contributed by atoms with E-state index in [-0.39, 0.29) is 24.0 Å². The number of halogens is 1. The Hall–Kier alpha value is -0.410. The average molecular weight is 477 g/mol.